The van der Waals surface area contributed by atoms with E-state index in [2.05, 4.69) is 4.90 Å². The third-order valence-electron chi connectivity index (χ3n) is 0.576. The van der Waals surface area contributed by atoms with E-state index < -0.39 is 0 Å². The van der Waals surface area contributed by atoms with Crippen LogP contribution in [-0.4, -0.2) is 43.8 Å². The molecule has 58 valence electrons. The summed E-state index contributed by atoms with van der Waals surface area (Å²) in [6.07, 6.45) is 0. The highest BCUT2D eigenvalue weighted by Gasteiger charge is 1.79. The van der Waals surface area contributed by atoms with Gasteiger partial charge in [-0.25, -0.2) is 0 Å². The summed E-state index contributed by atoms with van der Waals surface area (Å²) in [4.78, 5) is 2.06. The highest BCUT2D eigenvalue weighted by molar-refractivity contribution is 4.38. The molecule has 0 amide bonds. The third-order valence-corrected chi connectivity index (χ3v) is 0.576. The number of aliphatic hydroxyl groups excluding tert-OH is 1. The average molecular weight is 134 g/mol. The minimum absolute atomic E-state index is 0.250. The maximum Gasteiger partial charge on any atom is 0.0402 e. The van der Waals surface area contributed by atoms with Crippen LogP contribution in [0.4, 0.5) is 0 Å². The number of aliphatic hydroxyl groups is 1. The molecule has 0 saturated carbocycles. The largest absolute Gasteiger partial charge is 0.397 e. The summed E-state index contributed by atoms with van der Waals surface area (Å²) in [6, 6.07) is 0. The standard InChI is InChI=1S/C4H12N2.C2H6O/c1-6(2)4-3-5;1-2-3/h3-5H2,1-2H3;3H,2H2,1H3. The van der Waals surface area contributed by atoms with Gasteiger partial charge in [0.15, 0.2) is 0 Å². The van der Waals surface area contributed by atoms with Gasteiger partial charge in [-0.05, 0) is 21.0 Å². The predicted octanol–water partition coefficient (Wildman–Crippen LogP) is -0.495. The number of likely N-dealkylation sites (N-methyl/N-ethyl adjacent to an activating group) is 1. The van der Waals surface area contributed by atoms with Crippen LogP contribution < -0.4 is 5.73 Å². The second-order valence-corrected chi connectivity index (χ2v) is 1.91. The number of hydrogen-bond acceptors (Lipinski definition) is 3. The Bertz CT molecular complexity index is 40.0. The Kier molecular flexibility index (Phi) is 14.0. The minimum Gasteiger partial charge on any atom is -0.397 e. The van der Waals surface area contributed by atoms with Crippen molar-refractivity contribution >= 4 is 0 Å². The van der Waals surface area contributed by atoms with Gasteiger partial charge in [-0.1, -0.05) is 0 Å². The van der Waals surface area contributed by atoms with Crippen LogP contribution in [0.2, 0.25) is 0 Å². The van der Waals surface area contributed by atoms with Crippen molar-refractivity contribution in [2.45, 2.75) is 6.92 Å². The second kappa shape index (κ2) is 10.8. The molecule has 0 saturated heterocycles. The molecule has 0 aromatic rings. The van der Waals surface area contributed by atoms with Crippen LogP contribution in [0.15, 0.2) is 0 Å². The molecule has 0 aliphatic rings. The van der Waals surface area contributed by atoms with Crippen molar-refractivity contribution in [1.29, 1.82) is 0 Å². The monoisotopic (exact) mass is 134 g/mol. The zero-order chi connectivity index (χ0) is 7.70. The molecule has 0 aliphatic heterocycles. The Labute approximate surface area is 57.5 Å². The molecular weight excluding hydrogens is 116 g/mol. The molecule has 0 rings (SSSR count). The minimum atomic E-state index is 0.250. The van der Waals surface area contributed by atoms with Crippen LogP contribution in [0.5, 0.6) is 0 Å². The summed E-state index contributed by atoms with van der Waals surface area (Å²) in [7, 11) is 4.01. The van der Waals surface area contributed by atoms with E-state index in [0.717, 1.165) is 13.1 Å². The van der Waals surface area contributed by atoms with Gasteiger partial charge in [0.05, 0.1) is 0 Å². The first-order valence-corrected chi connectivity index (χ1v) is 3.14. The molecule has 0 atom stereocenters. The summed E-state index contributed by atoms with van der Waals surface area (Å²) >= 11 is 0. The second-order valence-electron chi connectivity index (χ2n) is 1.91. The first-order valence-electron chi connectivity index (χ1n) is 3.14. The van der Waals surface area contributed by atoms with Crippen molar-refractivity contribution < 1.29 is 5.11 Å². The smallest absolute Gasteiger partial charge is 0.0402 e. The fraction of sp³-hybridized carbons (Fsp3) is 1.00. The summed E-state index contributed by atoms with van der Waals surface area (Å²) in [5, 5.41) is 7.57. The topological polar surface area (TPSA) is 49.5 Å². The molecule has 0 aromatic carbocycles. The highest BCUT2D eigenvalue weighted by atomic mass is 16.2. The predicted molar refractivity (Wildman–Crippen MR) is 40.4 cm³/mol. The Morgan fingerprint density at radius 2 is 1.78 bits per heavy atom. The lowest BCUT2D eigenvalue weighted by Gasteiger charge is -2.03. The van der Waals surface area contributed by atoms with E-state index in [0.29, 0.717) is 0 Å². The Hall–Kier alpha value is -0.120. The van der Waals surface area contributed by atoms with Crippen molar-refractivity contribution in [2.75, 3.05) is 33.8 Å². The van der Waals surface area contributed by atoms with E-state index in [1.54, 1.807) is 6.92 Å². The zero-order valence-electron chi connectivity index (χ0n) is 6.59. The molecule has 0 aromatic heterocycles. The lowest BCUT2D eigenvalue weighted by Crippen LogP contribution is -2.20. The van der Waals surface area contributed by atoms with Crippen molar-refractivity contribution in [3.8, 4) is 0 Å². The van der Waals surface area contributed by atoms with Crippen LogP contribution >= 0.6 is 0 Å². The number of rotatable bonds is 2. The van der Waals surface area contributed by atoms with Gasteiger partial charge in [0.25, 0.3) is 0 Å². The van der Waals surface area contributed by atoms with Gasteiger partial charge in [-0.2, -0.15) is 0 Å². The summed E-state index contributed by atoms with van der Waals surface area (Å²) in [6.45, 7) is 3.67. The van der Waals surface area contributed by atoms with Gasteiger partial charge >= 0.3 is 0 Å². The first-order chi connectivity index (χ1) is 4.18. The van der Waals surface area contributed by atoms with Crippen LogP contribution in [0.3, 0.4) is 0 Å². The van der Waals surface area contributed by atoms with Crippen LogP contribution in [0.1, 0.15) is 6.92 Å². The molecule has 0 spiro atoms. The molecule has 0 heterocycles. The highest BCUT2D eigenvalue weighted by Crippen LogP contribution is 1.64. The summed E-state index contributed by atoms with van der Waals surface area (Å²) < 4.78 is 0. The van der Waals surface area contributed by atoms with Crippen molar-refractivity contribution in [2.24, 2.45) is 5.73 Å². The average Bonchev–Trinajstić information content (AvgIpc) is 1.67. The Balaban J connectivity index is 0. The van der Waals surface area contributed by atoms with E-state index in [1.807, 2.05) is 14.1 Å². The molecule has 3 heteroatoms. The maximum atomic E-state index is 7.57. The quantitative estimate of drug-likeness (QED) is 0.535. The lowest BCUT2D eigenvalue weighted by atomic mass is 10.6. The van der Waals surface area contributed by atoms with Gasteiger partial charge < -0.3 is 15.7 Å². The number of nitrogens with two attached hydrogens (primary N) is 1. The van der Waals surface area contributed by atoms with Crippen molar-refractivity contribution in [3.63, 3.8) is 0 Å². The van der Waals surface area contributed by atoms with E-state index in [4.69, 9.17) is 10.8 Å². The van der Waals surface area contributed by atoms with E-state index in [9.17, 15) is 0 Å². The van der Waals surface area contributed by atoms with Crippen LogP contribution in [0, 0.1) is 0 Å². The fourth-order valence-electron chi connectivity index (χ4n) is 0.258. The molecule has 0 aliphatic carbocycles. The van der Waals surface area contributed by atoms with Crippen molar-refractivity contribution in [3.05, 3.63) is 0 Å². The molecule has 3 N–H and O–H groups in total. The van der Waals surface area contributed by atoms with Crippen molar-refractivity contribution in [1.82, 2.24) is 4.90 Å². The summed E-state index contributed by atoms with van der Waals surface area (Å²) in [5.41, 5.74) is 5.19. The molecule has 3 nitrogen and oxygen atoms in total. The van der Waals surface area contributed by atoms with E-state index >= 15 is 0 Å². The van der Waals surface area contributed by atoms with Gasteiger partial charge in [0.2, 0.25) is 0 Å². The van der Waals surface area contributed by atoms with E-state index in [-0.39, 0.29) is 6.61 Å². The van der Waals surface area contributed by atoms with E-state index in [1.165, 1.54) is 0 Å². The van der Waals surface area contributed by atoms with Crippen LogP contribution in [-0.2, 0) is 0 Å². The van der Waals surface area contributed by atoms with Gasteiger partial charge in [0, 0.05) is 19.7 Å². The lowest BCUT2D eigenvalue weighted by molar-refractivity contribution is 0.318. The third kappa shape index (κ3) is 32.8. The fourth-order valence-corrected chi connectivity index (χ4v) is 0.258. The zero-order valence-corrected chi connectivity index (χ0v) is 6.59. The first kappa shape index (κ1) is 11.6. The van der Waals surface area contributed by atoms with Gasteiger partial charge in [-0.3, -0.25) is 0 Å². The Morgan fingerprint density at radius 3 is 1.78 bits per heavy atom. The molecule has 9 heavy (non-hydrogen) atoms. The van der Waals surface area contributed by atoms with Crippen LogP contribution in [0.25, 0.3) is 0 Å². The number of hydrogen-bond donors (Lipinski definition) is 2. The molecular formula is C6H18N2O. The molecule has 0 fully saturated rings. The SMILES string of the molecule is CCO.CN(C)CCN. The molecule has 0 bridgehead atoms. The molecule has 0 radical (unpaired) electrons. The number of nitrogens with zero attached hydrogens (tertiary/aromatic N) is 1. The molecule has 0 unspecified atom stereocenters. The normalized spacial score (nSPS) is 8.67. The maximum absolute atomic E-state index is 7.57. The van der Waals surface area contributed by atoms with Gasteiger partial charge in [0.1, 0.15) is 0 Å². The summed E-state index contributed by atoms with van der Waals surface area (Å²) in [5.74, 6) is 0. The van der Waals surface area contributed by atoms with Gasteiger partial charge in [-0.15, -0.1) is 0 Å². The Morgan fingerprint density at radius 1 is 1.44 bits per heavy atom.